The average Bonchev–Trinajstić information content (AvgIpc) is 2.88. The lowest BCUT2D eigenvalue weighted by Crippen LogP contribution is -2.50. The van der Waals surface area contributed by atoms with Gasteiger partial charge in [-0.15, -0.1) is 0 Å². The van der Waals surface area contributed by atoms with Crippen molar-refractivity contribution in [3.05, 3.63) is 90.0 Å². The van der Waals surface area contributed by atoms with Gasteiger partial charge in [-0.05, 0) is 23.6 Å². The Hall–Kier alpha value is -4.24. The number of piperazine rings is 1. The van der Waals surface area contributed by atoms with E-state index in [1.165, 1.54) is 5.56 Å². The summed E-state index contributed by atoms with van der Waals surface area (Å²) in [5.74, 6) is -2.45. The number of carboxylic acid groups (broad SMARTS) is 2. The Kier molecular flexibility index (Phi) is 12.2. The first kappa shape index (κ1) is 28.0. The van der Waals surface area contributed by atoms with E-state index in [1.807, 2.05) is 59.5 Å². The Morgan fingerprint density at radius 1 is 0.778 bits per heavy atom. The number of hydrogen-bond donors (Lipinski definition) is 3. The topological polar surface area (TPSA) is 127 Å². The minimum absolute atomic E-state index is 0.0239. The molecule has 0 atom stereocenters. The van der Waals surface area contributed by atoms with E-state index >= 15 is 0 Å². The van der Waals surface area contributed by atoms with Crippen LogP contribution < -0.4 is 5.32 Å². The summed E-state index contributed by atoms with van der Waals surface area (Å²) in [6.07, 6.45) is 5.42. The molecule has 9 nitrogen and oxygen atoms in total. The normalized spacial score (nSPS) is 13.7. The number of aliphatic carboxylic acids is 2. The Labute approximate surface area is 210 Å². The molecule has 0 aliphatic carbocycles. The molecule has 0 aromatic heterocycles. The number of carboxylic acids is 2. The maximum absolute atomic E-state index is 12.3. The highest BCUT2D eigenvalue weighted by Crippen LogP contribution is 2.06. The van der Waals surface area contributed by atoms with Crippen LogP contribution in [0.5, 0.6) is 0 Å². The largest absolute Gasteiger partial charge is 0.478 e. The molecule has 9 heteroatoms. The lowest BCUT2D eigenvalue weighted by atomic mass is 10.1. The van der Waals surface area contributed by atoms with E-state index in [2.05, 4.69) is 22.3 Å². The number of carbonyl (C=O) groups is 4. The zero-order chi connectivity index (χ0) is 26.2. The fraction of sp³-hybridized carbons (Fsp3) is 0.259. The van der Waals surface area contributed by atoms with Gasteiger partial charge in [0.2, 0.25) is 11.8 Å². The van der Waals surface area contributed by atoms with Gasteiger partial charge in [-0.3, -0.25) is 14.5 Å². The lowest BCUT2D eigenvalue weighted by molar-refractivity contribution is -0.134. The molecule has 3 rings (SSSR count). The molecule has 1 aliphatic heterocycles. The van der Waals surface area contributed by atoms with Crippen molar-refractivity contribution in [3.8, 4) is 0 Å². The molecule has 2 aromatic carbocycles. The van der Waals surface area contributed by atoms with Crippen LogP contribution in [0.4, 0.5) is 0 Å². The number of rotatable bonds is 9. The standard InChI is InChI=1S/C23H27N3O2.C4H4O4/c27-22(24-14-13-21-9-5-2-6-10-21)19-25-15-17-26(18-16-25)23(28)12-11-20-7-3-1-4-8-20;5-3(6)1-2-4(7)8/h1-12H,13-19H2,(H,24,27);1-2H,(H,5,6)(H,7,8)/b12-11+;2-1-. The van der Waals surface area contributed by atoms with E-state index in [9.17, 15) is 19.2 Å². The van der Waals surface area contributed by atoms with Gasteiger partial charge in [0, 0.05) is 51.0 Å². The van der Waals surface area contributed by atoms with Gasteiger partial charge in [0.1, 0.15) is 0 Å². The van der Waals surface area contributed by atoms with Gasteiger partial charge in [0.05, 0.1) is 6.54 Å². The van der Waals surface area contributed by atoms with E-state index in [-0.39, 0.29) is 11.8 Å². The highest BCUT2D eigenvalue weighted by molar-refractivity contribution is 5.92. The molecule has 1 aliphatic rings. The van der Waals surface area contributed by atoms with Crippen molar-refractivity contribution in [2.24, 2.45) is 0 Å². The Morgan fingerprint density at radius 2 is 1.33 bits per heavy atom. The highest BCUT2D eigenvalue weighted by atomic mass is 16.4. The average molecular weight is 494 g/mol. The number of nitrogens with one attached hydrogen (secondary N) is 1. The summed E-state index contributed by atoms with van der Waals surface area (Å²) in [4.78, 5) is 47.5. The Morgan fingerprint density at radius 3 is 1.89 bits per heavy atom. The van der Waals surface area contributed by atoms with Crippen molar-refractivity contribution in [2.45, 2.75) is 6.42 Å². The van der Waals surface area contributed by atoms with Crippen LogP contribution in [0.1, 0.15) is 11.1 Å². The molecular formula is C27H31N3O6. The summed E-state index contributed by atoms with van der Waals surface area (Å²) < 4.78 is 0. The lowest BCUT2D eigenvalue weighted by Gasteiger charge is -2.33. The zero-order valence-corrected chi connectivity index (χ0v) is 20.0. The summed E-state index contributed by atoms with van der Waals surface area (Å²) in [6, 6.07) is 19.9. The monoisotopic (exact) mass is 493 g/mol. The minimum atomic E-state index is -1.26. The van der Waals surface area contributed by atoms with Crippen LogP contribution >= 0.6 is 0 Å². The molecule has 0 unspecified atom stereocenters. The molecular weight excluding hydrogens is 462 g/mol. The van der Waals surface area contributed by atoms with Crippen LogP contribution in [0.2, 0.25) is 0 Å². The van der Waals surface area contributed by atoms with Crippen LogP contribution in [0.25, 0.3) is 6.08 Å². The fourth-order valence-electron chi connectivity index (χ4n) is 3.36. The molecule has 0 saturated carbocycles. The van der Waals surface area contributed by atoms with Gasteiger partial charge in [-0.2, -0.15) is 0 Å². The molecule has 36 heavy (non-hydrogen) atoms. The summed E-state index contributed by atoms with van der Waals surface area (Å²) in [6.45, 7) is 3.76. The number of hydrogen-bond acceptors (Lipinski definition) is 5. The molecule has 1 heterocycles. The number of nitrogens with zero attached hydrogens (tertiary/aromatic N) is 2. The third-order valence-corrected chi connectivity index (χ3v) is 5.22. The highest BCUT2D eigenvalue weighted by Gasteiger charge is 2.21. The van der Waals surface area contributed by atoms with E-state index < -0.39 is 11.9 Å². The van der Waals surface area contributed by atoms with Crippen molar-refractivity contribution in [3.63, 3.8) is 0 Å². The third-order valence-electron chi connectivity index (χ3n) is 5.22. The molecule has 2 amide bonds. The first-order valence-electron chi connectivity index (χ1n) is 11.5. The van der Waals surface area contributed by atoms with Crippen molar-refractivity contribution >= 4 is 29.8 Å². The van der Waals surface area contributed by atoms with Gasteiger partial charge in [0.15, 0.2) is 0 Å². The SMILES string of the molecule is O=C(CN1CCN(C(=O)/C=C/c2ccccc2)CC1)NCCc1ccccc1.O=C(O)/C=C\C(=O)O. The van der Waals surface area contributed by atoms with E-state index in [0.717, 1.165) is 25.1 Å². The molecule has 190 valence electrons. The molecule has 0 radical (unpaired) electrons. The predicted molar refractivity (Wildman–Crippen MR) is 136 cm³/mol. The first-order chi connectivity index (χ1) is 17.3. The maximum Gasteiger partial charge on any atom is 0.328 e. The van der Waals surface area contributed by atoms with E-state index in [0.29, 0.717) is 38.3 Å². The van der Waals surface area contributed by atoms with Crippen LogP contribution in [-0.2, 0) is 25.6 Å². The van der Waals surface area contributed by atoms with Gasteiger partial charge in [-0.1, -0.05) is 60.7 Å². The second-order valence-electron chi connectivity index (χ2n) is 7.94. The summed E-state index contributed by atoms with van der Waals surface area (Å²) in [5, 5.41) is 18.6. The Bertz CT molecular complexity index is 1030. The molecule has 0 spiro atoms. The second-order valence-corrected chi connectivity index (χ2v) is 7.94. The predicted octanol–water partition coefficient (Wildman–Crippen LogP) is 1.91. The van der Waals surface area contributed by atoms with E-state index in [4.69, 9.17) is 10.2 Å². The molecule has 1 saturated heterocycles. The maximum atomic E-state index is 12.3. The van der Waals surface area contributed by atoms with Crippen molar-refractivity contribution in [2.75, 3.05) is 39.3 Å². The van der Waals surface area contributed by atoms with Crippen LogP contribution in [0.15, 0.2) is 78.9 Å². The van der Waals surface area contributed by atoms with Crippen molar-refractivity contribution in [1.29, 1.82) is 0 Å². The summed E-state index contributed by atoms with van der Waals surface area (Å²) in [7, 11) is 0. The molecule has 1 fully saturated rings. The summed E-state index contributed by atoms with van der Waals surface area (Å²) >= 11 is 0. The molecule has 2 aromatic rings. The second kappa shape index (κ2) is 15.6. The minimum Gasteiger partial charge on any atom is -0.478 e. The fourth-order valence-corrected chi connectivity index (χ4v) is 3.36. The Balaban J connectivity index is 0.000000493. The summed E-state index contributed by atoms with van der Waals surface area (Å²) in [5.41, 5.74) is 2.24. The van der Waals surface area contributed by atoms with Gasteiger partial charge >= 0.3 is 11.9 Å². The van der Waals surface area contributed by atoms with Gasteiger partial charge < -0.3 is 20.4 Å². The molecule has 0 bridgehead atoms. The van der Waals surface area contributed by atoms with E-state index in [1.54, 1.807) is 6.08 Å². The molecule has 3 N–H and O–H groups in total. The third kappa shape index (κ3) is 11.8. The van der Waals surface area contributed by atoms with Crippen LogP contribution in [-0.4, -0.2) is 83.0 Å². The van der Waals surface area contributed by atoms with Crippen LogP contribution in [0.3, 0.4) is 0 Å². The zero-order valence-electron chi connectivity index (χ0n) is 20.0. The van der Waals surface area contributed by atoms with Crippen molar-refractivity contribution in [1.82, 2.24) is 15.1 Å². The van der Waals surface area contributed by atoms with Gasteiger partial charge in [-0.25, -0.2) is 9.59 Å². The number of benzene rings is 2. The first-order valence-corrected chi connectivity index (χ1v) is 11.5. The van der Waals surface area contributed by atoms with Gasteiger partial charge in [0.25, 0.3) is 0 Å². The number of carbonyl (C=O) groups excluding carboxylic acids is 2. The van der Waals surface area contributed by atoms with Crippen LogP contribution in [0, 0.1) is 0 Å². The quantitative estimate of drug-likeness (QED) is 0.456. The van der Waals surface area contributed by atoms with Crippen molar-refractivity contribution < 1.29 is 29.4 Å². The smallest absolute Gasteiger partial charge is 0.328 e. The number of amides is 2.